The quantitative estimate of drug-likeness (QED) is 0.604. The second kappa shape index (κ2) is 8.73. The summed E-state index contributed by atoms with van der Waals surface area (Å²) in [5.74, 6) is 0.892. The second-order valence-electron chi connectivity index (χ2n) is 5.84. The number of hydrogen-bond donors (Lipinski definition) is 2. The van der Waals surface area contributed by atoms with Crippen LogP contribution in [-0.4, -0.2) is 20.9 Å². The SMILES string of the molecule is CCOc1ccc(NC(=O)c2ccc(S(=O)(=O)NCc3ccco3)cc2)cc1. The Hall–Kier alpha value is -3.10. The molecule has 1 heterocycles. The van der Waals surface area contributed by atoms with Gasteiger partial charge in [0.1, 0.15) is 11.5 Å². The first-order valence-electron chi connectivity index (χ1n) is 8.64. The monoisotopic (exact) mass is 400 g/mol. The van der Waals surface area contributed by atoms with Crippen LogP contribution in [0.5, 0.6) is 5.75 Å². The molecular weight excluding hydrogens is 380 g/mol. The van der Waals surface area contributed by atoms with Crippen LogP contribution < -0.4 is 14.8 Å². The molecule has 8 heteroatoms. The van der Waals surface area contributed by atoms with Crippen molar-refractivity contribution in [3.63, 3.8) is 0 Å². The minimum atomic E-state index is -3.70. The van der Waals surface area contributed by atoms with Crippen LogP contribution in [0.15, 0.2) is 76.2 Å². The molecule has 0 aliphatic carbocycles. The number of anilines is 1. The van der Waals surface area contributed by atoms with E-state index in [0.717, 1.165) is 5.75 Å². The van der Waals surface area contributed by atoms with Crippen molar-refractivity contribution >= 4 is 21.6 Å². The zero-order valence-electron chi connectivity index (χ0n) is 15.2. The number of nitrogens with one attached hydrogen (secondary N) is 2. The third-order valence-electron chi connectivity index (χ3n) is 3.87. The highest BCUT2D eigenvalue weighted by Gasteiger charge is 2.15. The van der Waals surface area contributed by atoms with Crippen LogP contribution in [-0.2, 0) is 16.6 Å². The van der Waals surface area contributed by atoms with Gasteiger partial charge in [-0.25, -0.2) is 13.1 Å². The molecule has 0 fully saturated rings. The van der Waals surface area contributed by atoms with Crippen molar-refractivity contribution < 1.29 is 22.4 Å². The summed E-state index contributed by atoms with van der Waals surface area (Å²) in [5, 5.41) is 2.76. The lowest BCUT2D eigenvalue weighted by molar-refractivity contribution is 0.102. The van der Waals surface area contributed by atoms with E-state index >= 15 is 0 Å². The Bertz CT molecular complexity index is 1010. The molecule has 28 heavy (non-hydrogen) atoms. The number of ether oxygens (including phenoxy) is 1. The lowest BCUT2D eigenvalue weighted by Crippen LogP contribution is -2.23. The van der Waals surface area contributed by atoms with Crippen molar-refractivity contribution in [1.29, 1.82) is 0 Å². The predicted molar refractivity (Wildman–Crippen MR) is 105 cm³/mol. The first-order chi connectivity index (χ1) is 13.5. The van der Waals surface area contributed by atoms with Crippen molar-refractivity contribution in [2.45, 2.75) is 18.4 Å². The van der Waals surface area contributed by atoms with Crippen LogP contribution in [0.2, 0.25) is 0 Å². The molecule has 146 valence electrons. The number of carbonyl (C=O) groups is 1. The number of amides is 1. The average Bonchev–Trinajstić information content (AvgIpc) is 3.22. The number of benzene rings is 2. The molecule has 0 aliphatic rings. The maximum Gasteiger partial charge on any atom is 0.255 e. The highest BCUT2D eigenvalue weighted by atomic mass is 32.2. The van der Waals surface area contributed by atoms with E-state index in [4.69, 9.17) is 9.15 Å². The van der Waals surface area contributed by atoms with Gasteiger partial charge >= 0.3 is 0 Å². The Morgan fingerprint density at radius 1 is 1.04 bits per heavy atom. The summed E-state index contributed by atoms with van der Waals surface area (Å²) in [5.41, 5.74) is 0.962. The van der Waals surface area contributed by atoms with Crippen molar-refractivity contribution in [2.24, 2.45) is 0 Å². The lowest BCUT2D eigenvalue weighted by Gasteiger charge is -2.08. The fraction of sp³-hybridized carbons (Fsp3) is 0.150. The number of furan rings is 1. The maximum absolute atomic E-state index is 12.3. The number of hydrogen-bond acceptors (Lipinski definition) is 5. The standard InChI is InChI=1S/C20H20N2O5S/c1-2-26-17-9-7-16(8-10-17)22-20(23)15-5-11-19(12-6-15)28(24,25)21-14-18-4-3-13-27-18/h3-13,21H,2,14H2,1H3,(H,22,23). The Morgan fingerprint density at radius 2 is 1.75 bits per heavy atom. The van der Waals surface area contributed by atoms with E-state index in [-0.39, 0.29) is 17.3 Å². The first kappa shape index (κ1) is 19.7. The van der Waals surface area contributed by atoms with Gasteiger partial charge in [0, 0.05) is 11.3 Å². The van der Waals surface area contributed by atoms with Crippen molar-refractivity contribution in [3.8, 4) is 5.75 Å². The minimum absolute atomic E-state index is 0.0509. The summed E-state index contributed by atoms with van der Waals surface area (Å²) in [4.78, 5) is 12.4. The van der Waals surface area contributed by atoms with E-state index < -0.39 is 10.0 Å². The molecule has 0 spiro atoms. The van der Waals surface area contributed by atoms with Crippen molar-refractivity contribution in [2.75, 3.05) is 11.9 Å². The highest BCUT2D eigenvalue weighted by molar-refractivity contribution is 7.89. The van der Waals surface area contributed by atoms with Gasteiger partial charge in [-0.1, -0.05) is 0 Å². The third-order valence-corrected chi connectivity index (χ3v) is 5.28. The van der Waals surface area contributed by atoms with Gasteiger partial charge in [-0.15, -0.1) is 0 Å². The maximum atomic E-state index is 12.3. The molecule has 7 nitrogen and oxygen atoms in total. The van der Waals surface area contributed by atoms with E-state index in [0.29, 0.717) is 23.6 Å². The Kier molecular flexibility index (Phi) is 6.13. The highest BCUT2D eigenvalue weighted by Crippen LogP contribution is 2.17. The number of carbonyl (C=O) groups excluding carboxylic acids is 1. The fourth-order valence-corrected chi connectivity index (χ4v) is 3.45. The summed E-state index contributed by atoms with van der Waals surface area (Å²) in [7, 11) is -3.70. The van der Waals surface area contributed by atoms with Crippen LogP contribution in [0.4, 0.5) is 5.69 Å². The summed E-state index contributed by atoms with van der Waals surface area (Å²) in [6.07, 6.45) is 1.47. The molecule has 1 aromatic heterocycles. The van der Waals surface area contributed by atoms with E-state index in [1.165, 1.54) is 30.5 Å². The van der Waals surface area contributed by atoms with E-state index in [1.54, 1.807) is 36.4 Å². The molecule has 2 aromatic carbocycles. The summed E-state index contributed by atoms with van der Waals surface area (Å²) in [6.45, 7) is 2.51. The molecular formula is C20H20N2O5S. The number of rotatable bonds is 8. The van der Waals surface area contributed by atoms with Gasteiger partial charge < -0.3 is 14.5 Å². The summed E-state index contributed by atoms with van der Waals surface area (Å²) >= 11 is 0. The molecule has 0 bridgehead atoms. The molecule has 0 saturated carbocycles. The topological polar surface area (TPSA) is 97.6 Å². The molecule has 0 saturated heterocycles. The minimum Gasteiger partial charge on any atom is -0.494 e. The zero-order chi connectivity index (χ0) is 20.0. The van der Waals surface area contributed by atoms with Crippen molar-refractivity contribution in [3.05, 3.63) is 78.3 Å². The summed E-state index contributed by atoms with van der Waals surface area (Å²) < 4.78 is 37.5. The first-order valence-corrected chi connectivity index (χ1v) is 10.1. The van der Waals surface area contributed by atoms with Gasteiger partial charge in [-0.3, -0.25) is 4.79 Å². The van der Waals surface area contributed by atoms with E-state index in [2.05, 4.69) is 10.0 Å². The molecule has 0 unspecified atom stereocenters. The zero-order valence-corrected chi connectivity index (χ0v) is 16.0. The van der Waals surface area contributed by atoms with Gasteiger partial charge in [-0.05, 0) is 67.6 Å². The summed E-state index contributed by atoms with van der Waals surface area (Å²) in [6, 6.07) is 16.1. The van der Waals surface area contributed by atoms with Crippen LogP contribution in [0.1, 0.15) is 23.0 Å². The van der Waals surface area contributed by atoms with Crippen LogP contribution >= 0.6 is 0 Å². The van der Waals surface area contributed by atoms with Crippen molar-refractivity contribution in [1.82, 2.24) is 4.72 Å². The Balaban J connectivity index is 1.63. The molecule has 0 atom stereocenters. The lowest BCUT2D eigenvalue weighted by atomic mass is 10.2. The number of sulfonamides is 1. The van der Waals surface area contributed by atoms with Gasteiger partial charge in [-0.2, -0.15) is 0 Å². The molecule has 3 rings (SSSR count). The largest absolute Gasteiger partial charge is 0.494 e. The Morgan fingerprint density at radius 3 is 2.36 bits per heavy atom. The molecule has 0 aliphatic heterocycles. The molecule has 3 aromatic rings. The third kappa shape index (κ3) is 4.99. The molecule has 0 radical (unpaired) electrons. The van der Waals surface area contributed by atoms with E-state index in [1.807, 2.05) is 6.92 Å². The van der Waals surface area contributed by atoms with Gasteiger partial charge in [0.2, 0.25) is 10.0 Å². The van der Waals surface area contributed by atoms with Gasteiger partial charge in [0.05, 0.1) is 24.3 Å². The normalized spacial score (nSPS) is 11.2. The molecule has 1 amide bonds. The molecule has 2 N–H and O–H groups in total. The van der Waals surface area contributed by atoms with Gasteiger partial charge in [0.15, 0.2) is 0 Å². The van der Waals surface area contributed by atoms with Crippen LogP contribution in [0.25, 0.3) is 0 Å². The average molecular weight is 400 g/mol. The fourth-order valence-electron chi connectivity index (χ4n) is 2.45. The van der Waals surface area contributed by atoms with Crippen LogP contribution in [0, 0.1) is 0 Å². The van der Waals surface area contributed by atoms with Crippen LogP contribution in [0.3, 0.4) is 0 Å². The predicted octanol–water partition coefficient (Wildman–Crippen LogP) is 3.41. The van der Waals surface area contributed by atoms with E-state index in [9.17, 15) is 13.2 Å². The second-order valence-corrected chi connectivity index (χ2v) is 7.61. The Labute approximate surface area is 163 Å². The smallest absolute Gasteiger partial charge is 0.255 e. The van der Waals surface area contributed by atoms with Gasteiger partial charge in [0.25, 0.3) is 5.91 Å².